The standard InChI is InChI=1S/C21H26N4O/c1-16(17-7-3-2-4-8-17)25-21(11-13-26-14-12-21)15-22-20-23-18-9-5-6-10-19(18)24-20/h2-10,16,25H,11-15H2,1H3,(H2,22,23,24). The maximum atomic E-state index is 5.62. The molecule has 0 amide bonds. The SMILES string of the molecule is CC(NC1(CNc2nc3ccccc3[nH]2)CCOCC1)c1ccccc1. The van der Waals surface area contributed by atoms with Gasteiger partial charge in [0, 0.05) is 31.3 Å². The van der Waals surface area contributed by atoms with Crippen LogP contribution in [0.5, 0.6) is 0 Å². The molecule has 0 radical (unpaired) electrons. The van der Waals surface area contributed by atoms with E-state index < -0.39 is 0 Å². The van der Waals surface area contributed by atoms with Crippen molar-refractivity contribution in [3.63, 3.8) is 0 Å². The number of fused-ring (bicyclic) bond motifs is 1. The Balaban J connectivity index is 1.48. The first-order chi connectivity index (χ1) is 12.7. The lowest BCUT2D eigenvalue weighted by molar-refractivity contribution is 0.0389. The van der Waals surface area contributed by atoms with E-state index in [1.165, 1.54) is 5.56 Å². The third-order valence-electron chi connectivity index (χ3n) is 5.26. The number of ether oxygens (including phenoxy) is 1. The lowest BCUT2D eigenvalue weighted by atomic mass is 9.88. The van der Waals surface area contributed by atoms with Crippen molar-refractivity contribution in [3.8, 4) is 0 Å². The second kappa shape index (κ2) is 7.48. The number of rotatable bonds is 6. The highest BCUT2D eigenvalue weighted by Crippen LogP contribution is 2.26. The number of hydrogen-bond acceptors (Lipinski definition) is 4. The topological polar surface area (TPSA) is 62.0 Å². The van der Waals surface area contributed by atoms with E-state index in [2.05, 4.69) is 57.9 Å². The number of nitrogens with one attached hydrogen (secondary N) is 3. The molecule has 2 aromatic carbocycles. The lowest BCUT2D eigenvalue weighted by Crippen LogP contribution is -2.54. The Morgan fingerprint density at radius 1 is 1.08 bits per heavy atom. The lowest BCUT2D eigenvalue weighted by Gasteiger charge is -2.40. The number of imidazole rings is 1. The Morgan fingerprint density at radius 2 is 1.81 bits per heavy atom. The van der Waals surface area contributed by atoms with Crippen LogP contribution >= 0.6 is 0 Å². The van der Waals surface area contributed by atoms with Crippen molar-refractivity contribution in [1.82, 2.24) is 15.3 Å². The minimum atomic E-state index is -0.00746. The smallest absolute Gasteiger partial charge is 0.201 e. The number of benzene rings is 2. The molecule has 2 heterocycles. The molecule has 0 saturated carbocycles. The van der Waals surface area contributed by atoms with Crippen molar-refractivity contribution < 1.29 is 4.74 Å². The molecule has 5 heteroatoms. The first kappa shape index (κ1) is 17.1. The van der Waals surface area contributed by atoms with Crippen molar-refractivity contribution in [2.45, 2.75) is 31.3 Å². The molecule has 4 rings (SSSR count). The van der Waals surface area contributed by atoms with Crippen molar-refractivity contribution in [2.24, 2.45) is 0 Å². The fraction of sp³-hybridized carbons (Fsp3) is 0.381. The van der Waals surface area contributed by atoms with Crippen LogP contribution in [0.2, 0.25) is 0 Å². The summed E-state index contributed by atoms with van der Waals surface area (Å²) in [6.07, 6.45) is 1.97. The molecular formula is C21H26N4O. The molecule has 0 bridgehead atoms. The van der Waals surface area contributed by atoms with Crippen LogP contribution in [0.3, 0.4) is 0 Å². The summed E-state index contributed by atoms with van der Waals surface area (Å²) < 4.78 is 5.62. The fourth-order valence-electron chi connectivity index (χ4n) is 3.71. The summed E-state index contributed by atoms with van der Waals surface area (Å²) in [7, 11) is 0. The molecule has 26 heavy (non-hydrogen) atoms. The van der Waals surface area contributed by atoms with Gasteiger partial charge in [0.2, 0.25) is 5.95 Å². The van der Waals surface area contributed by atoms with Crippen molar-refractivity contribution in [1.29, 1.82) is 0 Å². The predicted octanol–water partition coefficient (Wildman–Crippen LogP) is 3.87. The van der Waals surface area contributed by atoms with Gasteiger partial charge in [-0.1, -0.05) is 42.5 Å². The van der Waals surface area contributed by atoms with Crippen molar-refractivity contribution in [2.75, 3.05) is 25.1 Å². The van der Waals surface area contributed by atoms with Crippen LogP contribution in [0.1, 0.15) is 31.4 Å². The molecule has 1 unspecified atom stereocenters. The average molecular weight is 350 g/mol. The Morgan fingerprint density at radius 3 is 2.58 bits per heavy atom. The monoisotopic (exact) mass is 350 g/mol. The second-order valence-electron chi connectivity index (χ2n) is 7.13. The summed E-state index contributed by atoms with van der Waals surface area (Å²) in [5.74, 6) is 0.825. The zero-order valence-corrected chi connectivity index (χ0v) is 15.2. The third kappa shape index (κ3) is 3.74. The van der Waals surface area contributed by atoms with Gasteiger partial charge in [-0.3, -0.25) is 0 Å². The second-order valence-corrected chi connectivity index (χ2v) is 7.13. The number of para-hydroxylation sites is 2. The highest BCUT2D eigenvalue weighted by molar-refractivity contribution is 5.77. The van der Waals surface area contributed by atoms with Crippen molar-refractivity contribution >= 4 is 17.0 Å². The Kier molecular flexibility index (Phi) is 4.91. The average Bonchev–Trinajstić information content (AvgIpc) is 3.11. The number of H-pyrrole nitrogens is 1. The van der Waals surface area contributed by atoms with Crippen LogP contribution in [0.4, 0.5) is 5.95 Å². The van der Waals surface area contributed by atoms with Gasteiger partial charge in [-0.25, -0.2) is 4.98 Å². The number of aromatic nitrogens is 2. The first-order valence-corrected chi connectivity index (χ1v) is 9.33. The van der Waals surface area contributed by atoms with Gasteiger partial charge < -0.3 is 20.4 Å². The molecule has 1 aliphatic rings. The molecule has 1 aromatic heterocycles. The first-order valence-electron chi connectivity index (χ1n) is 9.33. The Bertz CT molecular complexity index is 806. The van der Waals surface area contributed by atoms with Crippen molar-refractivity contribution in [3.05, 3.63) is 60.2 Å². The molecule has 3 aromatic rings. The maximum absolute atomic E-state index is 5.62. The molecule has 3 N–H and O–H groups in total. The van der Waals surface area contributed by atoms with Crippen LogP contribution in [0.25, 0.3) is 11.0 Å². The molecule has 5 nitrogen and oxygen atoms in total. The normalized spacial score (nSPS) is 17.9. The van der Waals surface area contributed by atoms with E-state index in [0.717, 1.165) is 49.6 Å². The van der Waals surface area contributed by atoms with Gasteiger partial charge in [-0.2, -0.15) is 0 Å². The van der Waals surface area contributed by atoms with E-state index >= 15 is 0 Å². The maximum Gasteiger partial charge on any atom is 0.201 e. The van der Waals surface area contributed by atoms with E-state index in [9.17, 15) is 0 Å². The summed E-state index contributed by atoms with van der Waals surface area (Å²) in [6.45, 7) is 4.62. The van der Waals surface area contributed by atoms with E-state index in [1.54, 1.807) is 0 Å². The van der Waals surface area contributed by atoms with Gasteiger partial charge in [-0.15, -0.1) is 0 Å². The van der Waals surface area contributed by atoms with E-state index in [4.69, 9.17) is 4.74 Å². The van der Waals surface area contributed by atoms with E-state index in [-0.39, 0.29) is 11.6 Å². The van der Waals surface area contributed by atoms with Gasteiger partial charge in [0.1, 0.15) is 0 Å². The molecule has 0 aliphatic carbocycles. The summed E-state index contributed by atoms with van der Waals surface area (Å²) in [6, 6.07) is 19.0. The summed E-state index contributed by atoms with van der Waals surface area (Å²) in [5.41, 5.74) is 3.34. The molecule has 1 saturated heterocycles. The molecule has 1 atom stereocenters. The summed E-state index contributed by atoms with van der Waals surface area (Å²) >= 11 is 0. The van der Waals surface area contributed by atoms with Gasteiger partial charge >= 0.3 is 0 Å². The fourth-order valence-corrected chi connectivity index (χ4v) is 3.71. The molecular weight excluding hydrogens is 324 g/mol. The Labute approximate surface area is 154 Å². The van der Waals surface area contributed by atoms with Gasteiger partial charge in [-0.05, 0) is 37.5 Å². The van der Waals surface area contributed by atoms with Crippen LogP contribution in [0.15, 0.2) is 54.6 Å². The number of hydrogen-bond donors (Lipinski definition) is 3. The van der Waals surface area contributed by atoms with Crippen LogP contribution < -0.4 is 10.6 Å². The van der Waals surface area contributed by atoms with Gasteiger partial charge in [0.25, 0.3) is 0 Å². The quantitative estimate of drug-likeness (QED) is 0.631. The minimum Gasteiger partial charge on any atom is -0.381 e. The Hall–Kier alpha value is -2.37. The van der Waals surface area contributed by atoms with Crippen LogP contribution in [0, 0.1) is 0 Å². The highest BCUT2D eigenvalue weighted by atomic mass is 16.5. The van der Waals surface area contributed by atoms with Gasteiger partial charge in [0.15, 0.2) is 0 Å². The highest BCUT2D eigenvalue weighted by Gasteiger charge is 2.34. The number of nitrogens with zero attached hydrogens (tertiary/aromatic N) is 1. The van der Waals surface area contributed by atoms with Crippen LogP contribution in [-0.2, 0) is 4.74 Å². The predicted molar refractivity (Wildman–Crippen MR) is 105 cm³/mol. The molecule has 0 spiro atoms. The molecule has 136 valence electrons. The largest absolute Gasteiger partial charge is 0.381 e. The minimum absolute atomic E-state index is 0.00746. The third-order valence-corrected chi connectivity index (χ3v) is 5.26. The summed E-state index contributed by atoms with van der Waals surface area (Å²) in [4.78, 5) is 8.00. The van der Waals surface area contributed by atoms with Crippen LogP contribution in [-0.4, -0.2) is 35.3 Å². The van der Waals surface area contributed by atoms with Gasteiger partial charge in [0.05, 0.1) is 11.0 Å². The summed E-state index contributed by atoms with van der Waals surface area (Å²) in [5, 5.41) is 7.39. The zero-order valence-electron chi connectivity index (χ0n) is 15.2. The molecule has 1 aliphatic heterocycles. The number of aromatic amines is 1. The van der Waals surface area contributed by atoms with E-state index in [0.29, 0.717) is 0 Å². The molecule has 1 fully saturated rings. The number of anilines is 1. The zero-order chi connectivity index (χ0) is 17.8. The van der Waals surface area contributed by atoms with E-state index in [1.807, 2.05) is 24.3 Å².